The van der Waals surface area contributed by atoms with E-state index in [0.29, 0.717) is 16.8 Å². The van der Waals surface area contributed by atoms with Crippen molar-refractivity contribution in [2.75, 3.05) is 5.73 Å². The molecule has 3 nitrogen and oxygen atoms in total. The van der Waals surface area contributed by atoms with Crippen LogP contribution in [-0.4, -0.2) is 5.16 Å². The topological polar surface area (TPSA) is 52.0 Å². The minimum atomic E-state index is 0.399. The van der Waals surface area contributed by atoms with Crippen molar-refractivity contribution >= 4 is 17.5 Å². The Kier molecular flexibility index (Phi) is 3.62. The smallest absolute Gasteiger partial charge is 0.225 e. The van der Waals surface area contributed by atoms with Gasteiger partial charge in [-0.05, 0) is 43.0 Å². The van der Waals surface area contributed by atoms with Crippen LogP contribution >= 0.6 is 11.6 Å². The molecule has 0 aliphatic heterocycles. The number of anilines is 1. The van der Waals surface area contributed by atoms with E-state index in [4.69, 9.17) is 21.9 Å². The summed E-state index contributed by atoms with van der Waals surface area (Å²) in [6, 6.07) is 5.83. The molecule has 4 heteroatoms. The summed E-state index contributed by atoms with van der Waals surface area (Å²) in [5.74, 6) is 0.891. The Bertz CT molecular complexity index is 541. The van der Waals surface area contributed by atoms with Gasteiger partial charge < -0.3 is 10.3 Å². The summed E-state index contributed by atoms with van der Waals surface area (Å²) in [4.78, 5) is 0. The van der Waals surface area contributed by atoms with Crippen LogP contribution in [0.3, 0.4) is 0 Å². The van der Waals surface area contributed by atoms with E-state index in [2.05, 4.69) is 19.0 Å². The molecule has 0 unspecified atom stereocenters. The Morgan fingerprint density at radius 1 is 1.33 bits per heavy atom. The number of aryl methyl sites for hydroxylation is 1. The van der Waals surface area contributed by atoms with Crippen molar-refractivity contribution in [3.05, 3.63) is 34.3 Å². The van der Waals surface area contributed by atoms with Crippen molar-refractivity contribution < 1.29 is 4.52 Å². The standard InChI is InChI=1S/C14H17ClN2O/c1-8(2)4-12-13(17-18-14(12)16)10-5-9(3)6-11(15)7-10/h5-8H,4,16H2,1-3H3. The highest BCUT2D eigenvalue weighted by Gasteiger charge is 2.17. The van der Waals surface area contributed by atoms with Gasteiger partial charge in [0.2, 0.25) is 5.88 Å². The molecule has 0 bridgehead atoms. The minimum Gasteiger partial charge on any atom is -0.367 e. The second kappa shape index (κ2) is 5.02. The maximum atomic E-state index is 6.08. The fraction of sp³-hybridized carbons (Fsp3) is 0.357. The van der Waals surface area contributed by atoms with Crippen molar-refractivity contribution in [2.45, 2.75) is 27.2 Å². The Balaban J connectivity index is 2.50. The number of hydrogen-bond donors (Lipinski definition) is 1. The zero-order chi connectivity index (χ0) is 13.3. The SMILES string of the molecule is Cc1cc(Cl)cc(-c2noc(N)c2CC(C)C)c1. The summed E-state index contributed by atoms with van der Waals surface area (Å²) in [5, 5.41) is 4.76. The zero-order valence-electron chi connectivity index (χ0n) is 10.8. The lowest BCUT2D eigenvalue weighted by molar-refractivity contribution is 0.438. The molecule has 2 rings (SSSR count). The van der Waals surface area contributed by atoms with Gasteiger partial charge in [-0.1, -0.05) is 30.6 Å². The van der Waals surface area contributed by atoms with E-state index < -0.39 is 0 Å². The van der Waals surface area contributed by atoms with Gasteiger partial charge in [0.15, 0.2) is 0 Å². The normalized spacial score (nSPS) is 11.2. The van der Waals surface area contributed by atoms with Crippen molar-refractivity contribution in [1.29, 1.82) is 0 Å². The second-order valence-corrected chi connectivity index (χ2v) is 5.43. The van der Waals surface area contributed by atoms with Gasteiger partial charge >= 0.3 is 0 Å². The average molecular weight is 265 g/mol. The van der Waals surface area contributed by atoms with Crippen LogP contribution in [0.1, 0.15) is 25.0 Å². The lowest BCUT2D eigenvalue weighted by atomic mass is 9.98. The Hall–Kier alpha value is -1.48. The van der Waals surface area contributed by atoms with E-state index in [-0.39, 0.29) is 0 Å². The Morgan fingerprint density at radius 3 is 2.67 bits per heavy atom. The first-order chi connectivity index (χ1) is 8.47. The van der Waals surface area contributed by atoms with Gasteiger partial charge in [0.1, 0.15) is 5.69 Å². The number of halogens is 1. The number of nitrogens with two attached hydrogens (primary N) is 1. The van der Waals surface area contributed by atoms with Crippen molar-refractivity contribution in [3.8, 4) is 11.3 Å². The number of nitrogens with zero attached hydrogens (tertiary/aromatic N) is 1. The van der Waals surface area contributed by atoms with Crippen molar-refractivity contribution in [3.63, 3.8) is 0 Å². The molecule has 0 fully saturated rings. The Morgan fingerprint density at radius 2 is 2.06 bits per heavy atom. The van der Waals surface area contributed by atoms with E-state index in [0.717, 1.165) is 28.8 Å². The van der Waals surface area contributed by atoms with Crippen molar-refractivity contribution in [1.82, 2.24) is 5.16 Å². The third kappa shape index (κ3) is 2.67. The first-order valence-electron chi connectivity index (χ1n) is 5.99. The molecular formula is C14H17ClN2O. The molecule has 0 saturated carbocycles. The summed E-state index contributed by atoms with van der Waals surface area (Å²) in [6.07, 6.45) is 0.843. The molecule has 0 aliphatic rings. The Labute approximate surface area is 112 Å². The van der Waals surface area contributed by atoms with E-state index in [1.807, 2.05) is 25.1 Å². The van der Waals surface area contributed by atoms with Gasteiger partial charge in [-0.25, -0.2) is 0 Å². The summed E-state index contributed by atoms with van der Waals surface area (Å²) < 4.78 is 5.12. The molecule has 0 aliphatic carbocycles. The molecule has 0 spiro atoms. The number of rotatable bonds is 3. The zero-order valence-corrected chi connectivity index (χ0v) is 11.6. The summed E-state index contributed by atoms with van der Waals surface area (Å²) in [7, 11) is 0. The van der Waals surface area contributed by atoms with Crippen LogP contribution in [0.2, 0.25) is 5.02 Å². The van der Waals surface area contributed by atoms with Crippen LogP contribution in [0.15, 0.2) is 22.7 Å². The van der Waals surface area contributed by atoms with Gasteiger partial charge in [0.25, 0.3) is 0 Å². The van der Waals surface area contributed by atoms with Crippen LogP contribution in [0, 0.1) is 12.8 Å². The molecule has 2 aromatic rings. The molecule has 2 N–H and O–H groups in total. The monoisotopic (exact) mass is 264 g/mol. The highest BCUT2D eigenvalue weighted by Crippen LogP contribution is 2.31. The maximum absolute atomic E-state index is 6.08. The average Bonchev–Trinajstić information content (AvgIpc) is 2.58. The third-order valence-electron chi connectivity index (χ3n) is 2.75. The molecule has 1 aromatic carbocycles. The number of benzene rings is 1. The van der Waals surface area contributed by atoms with E-state index in [1.165, 1.54) is 0 Å². The quantitative estimate of drug-likeness (QED) is 0.909. The summed E-state index contributed by atoms with van der Waals surface area (Å²) in [5.41, 5.74) is 9.65. The first-order valence-corrected chi connectivity index (χ1v) is 6.36. The van der Waals surface area contributed by atoms with E-state index in [1.54, 1.807) is 0 Å². The molecule has 1 aromatic heterocycles. The predicted octanol–water partition coefficient (Wildman–Crippen LogP) is 4.08. The lowest BCUT2D eigenvalue weighted by Gasteiger charge is -2.06. The largest absolute Gasteiger partial charge is 0.367 e. The molecule has 0 amide bonds. The van der Waals surface area contributed by atoms with Crippen LogP contribution in [0.4, 0.5) is 5.88 Å². The van der Waals surface area contributed by atoms with Crippen LogP contribution in [0.25, 0.3) is 11.3 Å². The number of hydrogen-bond acceptors (Lipinski definition) is 3. The van der Waals surface area contributed by atoms with Gasteiger partial charge in [-0.2, -0.15) is 0 Å². The molecule has 18 heavy (non-hydrogen) atoms. The summed E-state index contributed by atoms with van der Waals surface area (Å²) in [6.45, 7) is 6.28. The fourth-order valence-electron chi connectivity index (χ4n) is 2.03. The molecule has 0 atom stereocenters. The molecule has 0 saturated heterocycles. The molecular weight excluding hydrogens is 248 g/mol. The summed E-state index contributed by atoms with van der Waals surface area (Å²) >= 11 is 6.08. The minimum absolute atomic E-state index is 0.399. The van der Waals surface area contributed by atoms with Gasteiger partial charge in [-0.15, -0.1) is 0 Å². The lowest BCUT2D eigenvalue weighted by Crippen LogP contribution is -1.98. The van der Waals surface area contributed by atoms with Crippen molar-refractivity contribution in [2.24, 2.45) is 5.92 Å². The van der Waals surface area contributed by atoms with Gasteiger partial charge in [0.05, 0.1) is 0 Å². The second-order valence-electron chi connectivity index (χ2n) is 4.99. The van der Waals surface area contributed by atoms with E-state index in [9.17, 15) is 0 Å². The highest BCUT2D eigenvalue weighted by atomic mass is 35.5. The first kappa shape index (κ1) is 13.0. The number of aromatic nitrogens is 1. The van der Waals surface area contributed by atoms with E-state index >= 15 is 0 Å². The third-order valence-corrected chi connectivity index (χ3v) is 2.96. The number of nitrogen functional groups attached to an aromatic ring is 1. The maximum Gasteiger partial charge on any atom is 0.225 e. The van der Waals surface area contributed by atoms with Gasteiger partial charge in [-0.3, -0.25) is 0 Å². The fourth-order valence-corrected chi connectivity index (χ4v) is 2.32. The molecule has 96 valence electrons. The molecule has 0 radical (unpaired) electrons. The van der Waals surface area contributed by atoms with Crippen LogP contribution in [-0.2, 0) is 6.42 Å². The van der Waals surface area contributed by atoms with Crippen LogP contribution < -0.4 is 5.73 Å². The highest BCUT2D eigenvalue weighted by molar-refractivity contribution is 6.30. The predicted molar refractivity (Wildman–Crippen MR) is 74.6 cm³/mol. The molecule has 1 heterocycles. The van der Waals surface area contributed by atoms with Crippen LogP contribution in [0.5, 0.6) is 0 Å². The van der Waals surface area contributed by atoms with Gasteiger partial charge in [0, 0.05) is 16.1 Å².